The number of nitrogens with zero attached hydrogens (tertiary/aromatic N) is 2. The van der Waals surface area contributed by atoms with Gasteiger partial charge in [0.1, 0.15) is 0 Å². The highest BCUT2D eigenvalue weighted by Gasteiger charge is 2.19. The SMILES string of the molecule is COC1=N/C(=C(/c2ccc(C)cc2)c2ccc(/C(=C3/C=CC=N3)c3ccc(C)cc3)[nH]2)C=C1. The van der Waals surface area contributed by atoms with E-state index in [0.29, 0.717) is 5.90 Å². The van der Waals surface area contributed by atoms with E-state index in [1.807, 2.05) is 30.5 Å². The van der Waals surface area contributed by atoms with Gasteiger partial charge in [-0.3, -0.25) is 4.99 Å². The van der Waals surface area contributed by atoms with Gasteiger partial charge in [0.05, 0.1) is 18.5 Å². The van der Waals surface area contributed by atoms with Crippen molar-refractivity contribution in [3.05, 3.63) is 130 Å². The highest BCUT2D eigenvalue weighted by atomic mass is 16.5. The van der Waals surface area contributed by atoms with Crippen molar-refractivity contribution in [3.8, 4) is 0 Å². The largest absolute Gasteiger partial charge is 0.481 e. The van der Waals surface area contributed by atoms with Crippen molar-refractivity contribution in [2.45, 2.75) is 13.8 Å². The van der Waals surface area contributed by atoms with Crippen LogP contribution in [0.2, 0.25) is 0 Å². The van der Waals surface area contributed by atoms with E-state index in [9.17, 15) is 0 Å². The Kier molecular flexibility index (Phi) is 5.49. The highest BCUT2D eigenvalue weighted by Crippen LogP contribution is 2.34. The van der Waals surface area contributed by atoms with Crippen LogP contribution in [-0.2, 0) is 4.74 Å². The molecule has 5 rings (SSSR count). The molecule has 2 aliphatic rings. The second-order valence-corrected chi connectivity index (χ2v) is 8.16. The molecule has 0 spiro atoms. The highest BCUT2D eigenvalue weighted by molar-refractivity contribution is 5.96. The third kappa shape index (κ3) is 4.15. The Morgan fingerprint density at radius 1 is 0.697 bits per heavy atom. The van der Waals surface area contributed by atoms with Crippen LogP contribution in [0.3, 0.4) is 0 Å². The van der Waals surface area contributed by atoms with Crippen LogP contribution in [-0.4, -0.2) is 24.2 Å². The predicted octanol–water partition coefficient (Wildman–Crippen LogP) is 6.41. The molecule has 1 N–H and O–H groups in total. The van der Waals surface area contributed by atoms with Gasteiger partial charge in [-0.2, -0.15) is 0 Å². The van der Waals surface area contributed by atoms with Crippen molar-refractivity contribution in [3.63, 3.8) is 0 Å². The maximum atomic E-state index is 5.35. The molecule has 0 aliphatic carbocycles. The van der Waals surface area contributed by atoms with Gasteiger partial charge in [0.2, 0.25) is 5.90 Å². The first-order valence-electron chi connectivity index (χ1n) is 11.0. The first-order chi connectivity index (χ1) is 16.1. The van der Waals surface area contributed by atoms with E-state index in [1.54, 1.807) is 7.11 Å². The Morgan fingerprint density at radius 3 is 1.76 bits per heavy atom. The van der Waals surface area contributed by atoms with E-state index in [2.05, 4.69) is 89.5 Å². The molecule has 162 valence electrons. The molecule has 4 nitrogen and oxygen atoms in total. The fraction of sp³-hybridized carbons (Fsp3) is 0.103. The van der Waals surface area contributed by atoms with Crippen LogP contribution in [0.15, 0.2) is 106 Å². The summed E-state index contributed by atoms with van der Waals surface area (Å²) in [6.45, 7) is 4.19. The number of rotatable bonds is 4. The van der Waals surface area contributed by atoms with Crippen LogP contribution < -0.4 is 0 Å². The van der Waals surface area contributed by atoms with E-state index in [0.717, 1.165) is 45.1 Å². The molecule has 0 saturated carbocycles. The number of hydrogen-bond acceptors (Lipinski definition) is 3. The molecule has 3 aromatic rings. The van der Waals surface area contributed by atoms with Crippen molar-refractivity contribution >= 4 is 23.3 Å². The molecule has 0 unspecified atom stereocenters. The van der Waals surface area contributed by atoms with Gasteiger partial charge in [-0.05, 0) is 55.3 Å². The summed E-state index contributed by atoms with van der Waals surface area (Å²) < 4.78 is 5.35. The molecule has 0 bridgehead atoms. The van der Waals surface area contributed by atoms with Gasteiger partial charge in [0.25, 0.3) is 0 Å². The van der Waals surface area contributed by atoms with Gasteiger partial charge in [-0.25, -0.2) is 4.99 Å². The van der Waals surface area contributed by atoms with Gasteiger partial charge in [0.15, 0.2) is 0 Å². The Bertz CT molecular complexity index is 1360. The van der Waals surface area contributed by atoms with Gasteiger partial charge >= 0.3 is 0 Å². The fourth-order valence-electron chi connectivity index (χ4n) is 4.05. The van der Waals surface area contributed by atoms with Crippen molar-refractivity contribution < 1.29 is 4.74 Å². The molecule has 33 heavy (non-hydrogen) atoms. The van der Waals surface area contributed by atoms with Crippen LogP contribution in [0.25, 0.3) is 11.1 Å². The number of aryl methyl sites for hydroxylation is 2. The van der Waals surface area contributed by atoms with Crippen molar-refractivity contribution in [2.75, 3.05) is 7.11 Å². The Morgan fingerprint density at radius 2 is 1.27 bits per heavy atom. The number of methoxy groups -OCH3 is 1. The van der Waals surface area contributed by atoms with E-state index in [1.165, 1.54) is 11.1 Å². The van der Waals surface area contributed by atoms with Gasteiger partial charge in [-0.15, -0.1) is 0 Å². The maximum Gasteiger partial charge on any atom is 0.213 e. The number of hydrogen-bond donors (Lipinski definition) is 1. The topological polar surface area (TPSA) is 49.7 Å². The van der Waals surface area contributed by atoms with E-state index >= 15 is 0 Å². The number of aliphatic imine (C=N–C) groups is 2. The number of ether oxygens (including phenoxy) is 1. The van der Waals surface area contributed by atoms with Crippen LogP contribution in [0.4, 0.5) is 0 Å². The number of aromatic nitrogens is 1. The zero-order valence-corrected chi connectivity index (χ0v) is 19.0. The molecule has 1 aromatic heterocycles. The van der Waals surface area contributed by atoms with E-state index < -0.39 is 0 Å². The average molecular weight is 432 g/mol. The molecule has 2 aliphatic heterocycles. The number of benzene rings is 2. The number of H-pyrrole nitrogens is 1. The molecule has 0 atom stereocenters. The molecular weight excluding hydrogens is 406 g/mol. The zero-order valence-electron chi connectivity index (χ0n) is 19.0. The summed E-state index contributed by atoms with van der Waals surface area (Å²) >= 11 is 0. The molecule has 0 radical (unpaired) electrons. The predicted molar refractivity (Wildman–Crippen MR) is 136 cm³/mol. The minimum atomic E-state index is 0.606. The number of nitrogens with one attached hydrogen (secondary N) is 1. The van der Waals surface area contributed by atoms with E-state index in [4.69, 9.17) is 4.74 Å². The molecule has 3 heterocycles. The first kappa shape index (κ1) is 20.7. The second kappa shape index (κ2) is 8.75. The number of allylic oxidation sites excluding steroid dienone is 3. The molecule has 0 amide bonds. The summed E-state index contributed by atoms with van der Waals surface area (Å²) in [5, 5.41) is 0. The third-order valence-corrected chi connectivity index (χ3v) is 5.79. The molecule has 2 aromatic carbocycles. The smallest absolute Gasteiger partial charge is 0.213 e. The van der Waals surface area contributed by atoms with Gasteiger partial charge in [0, 0.05) is 34.8 Å². The number of aromatic amines is 1. The van der Waals surface area contributed by atoms with Crippen molar-refractivity contribution in [1.82, 2.24) is 4.98 Å². The molecule has 0 fully saturated rings. The minimum Gasteiger partial charge on any atom is -0.481 e. The van der Waals surface area contributed by atoms with Crippen molar-refractivity contribution in [2.24, 2.45) is 9.98 Å². The van der Waals surface area contributed by atoms with E-state index in [-0.39, 0.29) is 0 Å². The minimum absolute atomic E-state index is 0.606. The van der Waals surface area contributed by atoms with Crippen LogP contribution in [0.5, 0.6) is 0 Å². The lowest BCUT2D eigenvalue weighted by atomic mass is 9.99. The van der Waals surface area contributed by atoms with Crippen LogP contribution in [0, 0.1) is 13.8 Å². The fourth-order valence-corrected chi connectivity index (χ4v) is 4.05. The Labute approximate surface area is 194 Å². The van der Waals surface area contributed by atoms with Gasteiger partial charge in [-0.1, -0.05) is 59.7 Å². The summed E-state index contributed by atoms with van der Waals surface area (Å²) in [5.41, 5.74) is 10.6. The van der Waals surface area contributed by atoms with Crippen molar-refractivity contribution in [1.29, 1.82) is 0 Å². The molecule has 0 saturated heterocycles. The summed E-state index contributed by atoms with van der Waals surface area (Å²) in [6.07, 6.45) is 9.74. The third-order valence-electron chi connectivity index (χ3n) is 5.79. The lowest BCUT2D eigenvalue weighted by Gasteiger charge is -2.11. The molecular formula is C29H25N3O. The monoisotopic (exact) mass is 431 g/mol. The summed E-state index contributed by atoms with van der Waals surface area (Å²) in [7, 11) is 1.64. The van der Waals surface area contributed by atoms with Gasteiger partial charge < -0.3 is 9.72 Å². The van der Waals surface area contributed by atoms with Crippen LogP contribution in [0.1, 0.15) is 33.6 Å². The molecule has 4 heteroatoms. The lowest BCUT2D eigenvalue weighted by Crippen LogP contribution is -1.96. The summed E-state index contributed by atoms with van der Waals surface area (Å²) in [5.74, 6) is 0.606. The quantitative estimate of drug-likeness (QED) is 0.510. The summed E-state index contributed by atoms with van der Waals surface area (Å²) in [6, 6.07) is 21.3. The normalized spacial score (nSPS) is 17.5. The lowest BCUT2D eigenvalue weighted by molar-refractivity contribution is 0.408. The first-order valence-corrected chi connectivity index (χ1v) is 11.0. The average Bonchev–Trinajstić information content (AvgIpc) is 3.60. The maximum absolute atomic E-state index is 5.35. The van der Waals surface area contributed by atoms with Crippen LogP contribution >= 0.6 is 0 Å². The summed E-state index contributed by atoms with van der Waals surface area (Å²) in [4.78, 5) is 12.9. The second-order valence-electron chi connectivity index (χ2n) is 8.16. The standard InChI is InChI=1S/C29H25N3O/c1-19-6-10-21(11-7-19)28(23-5-4-18-30-23)24-14-15-25(31-24)29(22-12-8-20(2)9-13-22)26-16-17-27(32-26)33-3/h4-18,31H,1-3H3/b28-23-,29-26-. The zero-order chi connectivity index (χ0) is 22.8. The Hall–Kier alpha value is -4.18. The Balaban J connectivity index is 1.66.